The van der Waals surface area contributed by atoms with Crippen LogP contribution in [0.25, 0.3) is 0 Å². The van der Waals surface area contributed by atoms with Crippen LogP contribution in [0.5, 0.6) is 0 Å². The summed E-state index contributed by atoms with van der Waals surface area (Å²) in [5.74, 6) is 1.46. The van der Waals surface area contributed by atoms with Crippen LogP contribution in [0.15, 0.2) is 12.4 Å². The van der Waals surface area contributed by atoms with Crippen molar-refractivity contribution in [2.24, 2.45) is 12.5 Å². The zero-order valence-corrected chi connectivity index (χ0v) is 13.4. The Kier molecular flexibility index (Phi) is 3.78. The molecule has 0 unspecified atom stereocenters. The van der Waals surface area contributed by atoms with E-state index in [2.05, 4.69) is 33.2 Å². The summed E-state index contributed by atoms with van der Waals surface area (Å²) in [6, 6.07) is 0.382. The normalized spacial score (nSPS) is 28.0. The number of amides is 1. The minimum atomic E-state index is -0.104. The number of aromatic nitrogens is 2. The molecule has 2 fully saturated rings. The van der Waals surface area contributed by atoms with E-state index in [0.717, 1.165) is 51.3 Å². The molecule has 3 rings (SSSR count). The number of hydrogen-bond donors (Lipinski definition) is 0. The van der Waals surface area contributed by atoms with Crippen LogP contribution in [-0.4, -0.2) is 50.9 Å². The van der Waals surface area contributed by atoms with Crippen molar-refractivity contribution in [3.8, 4) is 0 Å². The molecule has 21 heavy (non-hydrogen) atoms. The zero-order valence-electron chi connectivity index (χ0n) is 13.4. The summed E-state index contributed by atoms with van der Waals surface area (Å²) in [6.45, 7) is 8.06. The van der Waals surface area contributed by atoms with E-state index in [4.69, 9.17) is 0 Å². The van der Waals surface area contributed by atoms with Crippen molar-refractivity contribution in [2.45, 2.75) is 45.7 Å². The van der Waals surface area contributed by atoms with Gasteiger partial charge in [0.25, 0.3) is 0 Å². The Hall–Kier alpha value is -1.36. The molecule has 1 aromatic rings. The van der Waals surface area contributed by atoms with Crippen LogP contribution >= 0.6 is 0 Å². The highest BCUT2D eigenvalue weighted by molar-refractivity contribution is 5.89. The predicted molar refractivity (Wildman–Crippen MR) is 81.6 cm³/mol. The Morgan fingerprint density at radius 2 is 2.24 bits per heavy atom. The third kappa shape index (κ3) is 2.48. The molecule has 1 amide bonds. The van der Waals surface area contributed by atoms with Gasteiger partial charge in [0.2, 0.25) is 5.91 Å². The van der Waals surface area contributed by atoms with Crippen LogP contribution < -0.4 is 0 Å². The van der Waals surface area contributed by atoms with Crippen molar-refractivity contribution in [3.63, 3.8) is 0 Å². The van der Waals surface area contributed by atoms with Gasteiger partial charge >= 0.3 is 0 Å². The maximum atomic E-state index is 12.6. The lowest BCUT2D eigenvalue weighted by atomic mass is 9.71. The van der Waals surface area contributed by atoms with Gasteiger partial charge in [-0.15, -0.1) is 0 Å². The number of aryl methyl sites for hydroxylation is 1. The van der Waals surface area contributed by atoms with Crippen LogP contribution in [0, 0.1) is 5.41 Å². The van der Waals surface area contributed by atoms with Gasteiger partial charge < -0.3 is 9.47 Å². The predicted octanol–water partition coefficient (Wildman–Crippen LogP) is 1.64. The first-order chi connectivity index (χ1) is 10.1. The fourth-order valence-electron chi connectivity index (χ4n) is 3.67. The van der Waals surface area contributed by atoms with Crippen molar-refractivity contribution in [1.82, 2.24) is 19.4 Å². The fraction of sp³-hybridized carbons (Fsp3) is 0.750. The molecule has 0 saturated carbocycles. The van der Waals surface area contributed by atoms with Crippen molar-refractivity contribution < 1.29 is 4.79 Å². The van der Waals surface area contributed by atoms with Gasteiger partial charge in [0.15, 0.2) is 0 Å². The molecule has 0 aromatic carbocycles. The second-order valence-corrected chi connectivity index (χ2v) is 6.74. The van der Waals surface area contributed by atoms with Crippen LogP contribution in [0.4, 0.5) is 0 Å². The van der Waals surface area contributed by atoms with E-state index in [-0.39, 0.29) is 5.41 Å². The highest BCUT2D eigenvalue weighted by Crippen LogP contribution is 2.41. The van der Waals surface area contributed by atoms with Crippen molar-refractivity contribution in [2.75, 3.05) is 19.6 Å². The number of rotatable bonds is 4. The van der Waals surface area contributed by atoms with E-state index in [1.165, 1.54) is 0 Å². The van der Waals surface area contributed by atoms with E-state index in [1.807, 2.05) is 19.4 Å². The number of carbonyl (C=O) groups excluding carboxylic acids is 1. The van der Waals surface area contributed by atoms with Crippen LogP contribution in [-0.2, 0) is 18.4 Å². The molecule has 0 bridgehead atoms. The number of carbonyl (C=O) groups is 1. The van der Waals surface area contributed by atoms with E-state index in [0.29, 0.717) is 11.9 Å². The number of imidazole rings is 1. The number of nitrogens with zero attached hydrogens (tertiary/aromatic N) is 4. The molecule has 1 spiro atoms. The summed E-state index contributed by atoms with van der Waals surface area (Å²) in [5.41, 5.74) is -0.104. The quantitative estimate of drug-likeness (QED) is 0.792. The molecular weight excluding hydrogens is 264 g/mol. The van der Waals surface area contributed by atoms with E-state index in [9.17, 15) is 4.79 Å². The van der Waals surface area contributed by atoms with E-state index in [1.54, 1.807) is 0 Å². The van der Waals surface area contributed by atoms with Gasteiger partial charge in [0.05, 0.1) is 12.0 Å². The van der Waals surface area contributed by atoms with Gasteiger partial charge in [-0.2, -0.15) is 0 Å². The average molecular weight is 290 g/mol. The van der Waals surface area contributed by atoms with Gasteiger partial charge in [0.1, 0.15) is 5.82 Å². The minimum absolute atomic E-state index is 0.104. The smallest absolute Gasteiger partial charge is 0.232 e. The number of β-lactam (4-membered cyclic amide) rings is 1. The molecule has 0 aliphatic carbocycles. The topological polar surface area (TPSA) is 41.4 Å². The summed E-state index contributed by atoms with van der Waals surface area (Å²) in [6.07, 6.45) is 7.03. The van der Waals surface area contributed by atoms with Crippen molar-refractivity contribution in [1.29, 1.82) is 0 Å². The van der Waals surface area contributed by atoms with E-state index >= 15 is 0 Å². The fourth-order valence-corrected chi connectivity index (χ4v) is 3.67. The molecule has 3 heterocycles. The van der Waals surface area contributed by atoms with Crippen molar-refractivity contribution >= 4 is 5.91 Å². The summed E-state index contributed by atoms with van der Waals surface area (Å²) < 4.78 is 2.06. The minimum Gasteiger partial charge on any atom is -0.338 e. The molecule has 2 aliphatic rings. The maximum Gasteiger partial charge on any atom is 0.232 e. The molecule has 116 valence electrons. The Morgan fingerprint density at radius 3 is 2.86 bits per heavy atom. The summed E-state index contributed by atoms with van der Waals surface area (Å²) in [7, 11) is 2.03. The first kappa shape index (κ1) is 14.6. The third-order valence-electron chi connectivity index (χ3n) is 5.25. The third-order valence-corrected chi connectivity index (χ3v) is 5.25. The van der Waals surface area contributed by atoms with Crippen LogP contribution in [0.2, 0.25) is 0 Å². The summed E-state index contributed by atoms with van der Waals surface area (Å²) in [4.78, 5) is 21.5. The highest BCUT2D eigenvalue weighted by Gasteiger charge is 2.54. The lowest BCUT2D eigenvalue weighted by molar-refractivity contribution is -0.170. The molecule has 2 saturated heterocycles. The standard InChI is InChI=1S/C16H26N4O/c1-4-13(2)20-12-16(15(20)21)6-5-8-19(11-16)10-14-17-7-9-18(14)3/h7,9,13H,4-6,8,10-12H2,1-3H3/t13-,16-/m1/s1. The van der Waals surface area contributed by atoms with Gasteiger partial charge in [-0.05, 0) is 32.7 Å². The summed E-state index contributed by atoms with van der Waals surface area (Å²) >= 11 is 0. The number of hydrogen-bond acceptors (Lipinski definition) is 3. The van der Waals surface area contributed by atoms with Gasteiger partial charge in [-0.3, -0.25) is 9.69 Å². The Labute approximate surface area is 126 Å². The lowest BCUT2D eigenvalue weighted by Gasteiger charge is -2.55. The number of piperidine rings is 1. The SMILES string of the molecule is CC[C@@H](C)N1C[C@]2(CCCN(Cc3nccn3C)C2)C1=O. The second-order valence-electron chi connectivity index (χ2n) is 6.74. The van der Waals surface area contributed by atoms with E-state index < -0.39 is 0 Å². The largest absolute Gasteiger partial charge is 0.338 e. The van der Waals surface area contributed by atoms with Gasteiger partial charge in [0, 0.05) is 38.6 Å². The highest BCUT2D eigenvalue weighted by atomic mass is 16.2. The first-order valence-electron chi connectivity index (χ1n) is 8.05. The van der Waals surface area contributed by atoms with Gasteiger partial charge in [-0.25, -0.2) is 4.98 Å². The molecule has 1 aromatic heterocycles. The van der Waals surface area contributed by atoms with Gasteiger partial charge in [-0.1, -0.05) is 6.92 Å². The van der Waals surface area contributed by atoms with Crippen LogP contribution in [0.3, 0.4) is 0 Å². The van der Waals surface area contributed by atoms with Crippen molar-refractivity contribution in [3.05, 3.63) is 18.2 Å². The Balaban J connectivity index is 1.64. The summed E-state index contributed by atoms with van der Waals surface area (Å²) in [5, 5.41) is 0. The maximum absolute atomic E-state index is 12.6. The molecule has 0 radical (unpaired) electrons. The molecule has 2 atom stereocenters. The number of likely N-dealkylation sites (tertiary alicyclic amines) is 2. The molecular formula is C16H26N4O. The Morgan fingerprint density at radius 1 is 1.43 bits per heavy atom. The molecule has 5 heteroatoms. The zero-order chi connectivity index (χ0) is 15.0. The lowest BCUT2D eigenvalue weighted by Crippen LogP contribution is -2.68. The first-order valence-corrected chi connectivity index (χ1v) is 8.05. The molecule has 2 aliphatic heterocycles. The Bertz CT molecular complexity index is 526. The average Bonchev–Trinajstić information content (AvgIpc) is 2.89. The second kappa shape index (κ2) is 5.44. The molecule has 0 N–H and O–H groups in total. The molecule has 5 nitrogen and oxygen atoms in total. The van der Waals surface area contributed by atoms with Crippen LogP contribution in [0.1, 0.15) is 38.9 Å². The monoisotopic (exact) mass is 290 g/mol.